The molecule has 1 aliphatic heterocycles. The number of rotatable bonds is 6. The van der Waals surface area contributed by atoms with E-state index >= 15 is 0 Å². The summed E-state index contributed by atoms with van der Waals surface area (Å²) in [6.45, 7) is 3.83. The maximum absolute atomic E-state index is 12.2. The highest BCUT2D eigenvalue weighted by atomic mass is 35.5. The molecule has 8 heteroatoms. The van der Waals surface area contributed by atoms with E-state index in [-0.39, 0.29) is 23.7 Å². The second kappa shape index (κ2) is 6.83. The van der Waals surface area contributed by atoms with Crippen LogP contribution in [-0.4, -0.2) is 5.91 Å². The highest BCUT2D eigenvalue weighted by Crippen LogP contribution is 2.34. The van der Waals surface area contributed by atoms with Gasteiger partial charge in [-0.25, -0.2) is 0 Å². The van der Waals surface area contributed by atoms with Gasteiger partial charge in [-0.1, -0.05) is 18.5 Å². The van der Waals surface area contributed by atoms with Crippen molar-refractivity contribution in [1.29, 1.82) is 0 Å². The molecule has 7 nitrogen and oxygen atoms in total. The second-order valence-corrected chi connectivity index (χ2v) is 6.94. The lowest BCUT2D eigenvalue weighted by Gasteiger charge is -2.21. The maximum atomic E-state index is 12.2. The van der Waals surface area contributed by atoms with Crippen LogP contribution in [0.3, 0.4) is 0 Å². The molecule has 3 N–H and O–H groups in total. The van der Waals surface area contributed by atoms with Gasteiger partial charge < -0.3 is 20.4 Å². The summed E-state index contributed by atoms with van der Waals surface area (Å²) in [5.41, 5.74) is -0.110. The lowest BCUT2D eigenvalue weighted by Crippen LogP contribution is -2.37. The van der Waals surface area contributed by atoms with Gasteiger partial charge in [-0.15, -0.1) is 0 Å². The van der Waals surface area contributed by atoms with E-state index in [2.05, 4.69) is 16.0 Å². The van der Waals surface area contributed by atoms with Gasteiger partial charge in [0.1, 0.15) is 22.9 Å². The summed E-state index contributed by atoms with van der Waals surface area (Å²) in [4.78, 5) is 36.6. The Kier molecular flexibility index (Phi) is 4.16. The minimum atomic E-state index is -1.42. The van der Waals surface area contributed by atoms with E-state index in [1.165, 1.54) is 0 Å². The Morgan fingerprint density at radius 2 is 1.96 bits per heavy atom. The maximum Gasteiger partial charge on any atom is 0.254 e. The van der Waals surface area contributed by atoms with Crippen molar-refractivity contribution < 1.29 is 10.6 Å². The van der Waals surface area contributed by atoms with Crippen LogP contribution in [0.5, 0.6) is 0 Å². The highest BCUT2D eigenvalue weighted by molar-refractivity contribution is 6.32. The summed E-state index contributed by atoms with van der Waals surface area (Å²) in [7, 11) is 0. The largest absolute Gasteiger partial charge is 0.464 e. The minimum absolute atomic E-state index is 0.00701. The number of carbonyl (C=O) groups is 1. The molecular formula is C20H18ClN3O4. The topological polar surface area (TPSA) is 100 Å². The first kappa shape index (κ1) is 17.1. The molecule has 2 aromatic carbocycles. The van der Waals surface area contributed by atoms with Gasteiger partial charge in [0.25, 0.3) is 16.8 Å². The number of aryl methyl sites for hydroxylation is 1. The number of nitrogens with one attached hydrogen (secondary N) is 3. The zero-order valence-corrected chi connectivity index (χ0v) is 16.0. The SMILES string of the molecule is [2H][C@](CC)(Nc1c(Nc2ccc(Cl)c3c2C(=O)NC3)c(=O)c1=O)c1ccc(C)o1. The molecule has 0 saturated carbocycles. The van der Waals surface area contributed by atoms with Gasteiger partial charge >= 0.3 is 0 Å². The van der Waals surface area contributed by atoms with Gasteiger partial charge in [-0.2, -0.15) is 0 Å². The van der Waals surface area contributed by atoms with Crippen molar-refractivity contribution in [3.05, 3.63) is 72.4 Å². The Balaban J connectivity index is 1.70. The number of hydrogen-bond acceptors (Lipinski definition) is 6. The van der Waals surface area contributed by atoms with Crippen LogP contribution in [0.15, 0.2) is 38.3 Å². The van der Waals surface area contributed by atoms with Crippen molar-refractivity contribution in [1.82, 2.24) is 5.32 Å². The van der Waals surface area contributed by atoms with Crippen LogP contribution >= 0.6 is 11.6 Å². The zero-order chi connectivity index (χ0) is 20.9. The van der Waals surface area contributed by atoms with Crippen molar-refractivity contribution in [3.63, 3.8) is 0 Å². The Labute approximate surface area is 166 Å². The molecule has 0 unspecified atom stereocenters. The Morgan fingerprint density at radius 3 is 2.64 bits per heavy atom. The number of halogens is 1. The zero-order valence-electron chi connectivity index (χ0n) is 16.2. The van der Waals surface area contributed by atoms with Crippen molar-refractivity contribution in [2.45, 2.75) is 32.8 Å². The number of fused-ring (bicyclic) bond motifs is 1. The van der Waals surface area contributed by atoms with Crippen LogP contribution in [0.25, 0.3) is 0 Å². The van der Waals surface area contributed by atoms with Crippen LogP contribution in [0, 0.1) is 6.92 Å². The third-order valence-corrected chi connectivity index (χ3v) is 5.10. The van der Waals surface area contributed by atoms with Gasteiger partial charge in [-0.05, 0) is 37.6 Å². The molecular weight excluding hydrogens is 382 g/mol. The molecule has 0 fully saturated rings. The Bertz CT molecular complexity index is 1210. The van der Waals surface area contributed by atoms with E-state index in [0.29, 0.717) is 39.9 Å². The first-order valence-electron chi connectivity index (χ1n) is 9.30. The summed E-state index contributed by atoms with van der Waals surface area (Å²) in [6.07, 6.45) is 0.289. The van der Waals surface area contributed by atoms with E-state index in [1.807, 2.05) is 0 Å². The van der Waals surface area contributed by atoms with Gasteiger partial charge in [0.15, 0.2) is 0 Å². The summed E-state index contributed by atoms with van der Waals surface area (Å²) >= 11 is 6.15. The van der Waals surface area contributed by atoms with Crippen molar-refractivity contribution >= 4 is 34.6 Å². The molecule has 0 radical (unpaired) electrons. The molecule has 0 saturated heterocycles. The van der Waals surface area contributed by atoms with Gasteiger partial charge in [-0.3, -0.25) is 14.4 Å². The van der Waals surface area contributed by atoms with Crippen molar-refractivity contribution in [3.8, 4) is 0 Å². The van der Waals surface area contributed by atoms with E-state index in [0.717, 1.165) is 0 Å². The highest BCUT2D eigenvalue weighted by Gasteiger charge is 2.29. The quantitative estimate of drug-likeness (QED) is 0.548. The fourth-order valence-corrected chi connectivity index (χ4v) is 3.48. The van der Waals surface area contributed by atoms with E-state index in [9.17, 15) is 14.4 Å². The number of anilines is 3. The Hall–Kier alpha value is -3.06. The van der Waals surface area contributed by atoms with Crippen LogP contribution in [0.2, 0.25) is 5.02 Å². The molecule has 0 aliphatic carbocycles. The van der Waals surface area contributed by atoms with Crippen LogP contribution in [-0.2, 0) is 6.54 Å². The molecule has 3 aromatic rings. The molecule has 28 heavy (non-hydrogen) atoms. The Morgan fingerprint density at radius 1 is 1.21 bits per heavy atom. The van der Waals surface area contributed by atoms with Crippen LogP contribution in [0.4, 0.5) is 17.1 Å². The summed E-state index contributed by atoms with van der Waals surface area (Å²) in [6, 6.07) is 5.16. The number of hydrogen-bond donors (Lipinski definition) is 3. The van der Waals surface area contributed by atoms with Gasteiger partial charge in [0.05, 0.1) is 18.6 Å². The van der Waals surface area contributed by atoms with Crippen molar-refractivity contribution in [2.75, 3.05) is 10.6 Å². The van der Waals surface area contributed by atoms with Gasteiger partial charge in [0.2, 0.25) is 0 Å². The lowest BCUT2D eigenvalue weighted by atomic mass is 10.1. The monoisotopic (exact) mass is 400 g/mol. The third kappa shape index (κ3) is 2.88. The predicted molar refractivity (Wildman–Crippen MR) is 107 cm³/mol. The van der Waals surface area contributed by atoms with Crippen molar-refractivity contribution in [2.24, 2.45) is 0 Å². The molecule has 0 spiro atoms. The fraction of sp³-hybridized carbons (Fsp3) is 0.250. The van der Waals surface area contributed by atoms with Gasteiger partial charge in [0, 0.05) is 17.1 Å². The normalized spacial score (nSPS) is 15.7. The summed E-state index contributed by atoms with van der Waals surface area (Å²) in [5.74, 6) is 0.661. The number of furan rings is 1. The standard InChI is InChI=1S/C20H18ClN3O4/c1-3-12(14-7-4-9(2)28-14)23-16-17(19(26)18(16)25)24-13-6-5-11(21)10-8-22-20(27)15(10)13/h4-7,12,23-24H,3,8H2,1-2H3,(H,22,27)/t12-/m1/s1/i12D. The fourth-order valence-electron chi connectivity index (χ4n) is 3.25. The molecule has 0 bridgehead atoms. The third-order valence-electron chi connectivity index (χ3n) is 4.75. The van der Waals surface area contributed by atoms with E-state index < -0.39 is 16.9 Å². The molecule has 2 heterocycles. The van der Waals surface area contributed by atoms with Crippen LogP contribution < -0.4 is 26.8 Å². The summed E-state index contributed by atoms with van der Waals surface area (Å²) in [5, 5.41) is 8.86. The molecule has 1 aliphatic rings. The molecule has 1 aromatic heterocycles. The second-order valence-electron chi connectivity index (χ2n) is 6.53. The number of benzene rings is 1. The first-order chi connectivity index (χ1) is 13.7. The predicted octanol–water partition coefficient (Wildman–Crippen LogP) is 3.39. The van der Waals surface area contributed by atoms with E-state index in [1.54, 1.807) is 38.1 Å². The number of carbonyl (C=O) groups excluding carboxylic acids is 1. The summed E-state index contributed by atoms with van der Waals surface area (Å²) < 4.78 is 14.2. The molecule has 1 amide bonds. The smallest absolute Gasteiger partial charge is 0.254 e. The average Bonchev–Trinajstić information content (AvgIpc) is 3.32. The minimum Gasteiger partial charge on any atom is -0.464 e. The average molecular weight is 401 g/mol. The first-order valence-corrected chi connectivity index (χ1v) is 9.18. The molecule has 1 atom stereocenters. The molecule has 4 rings (SSSR count). The number of amides is 1. The van der Waals surface area contributed by atoms with Crippen LogP contribution in [0.1, 0.15) is 48.2 Å². The van der Waals surface area contributed by atoms with E-state index in [4.69, 9.17) is 17.4 Å². The molecule has 144 valence electrons. The lowest BCUT2D eigenvalue weighted by molar-refractivity contribution is 0.0966.